The van der Waals surface area contributed by atoms with Gasteiger partial charge in [-0.05, 0) is 113 Å². The average Bonchev–Trinajstić information content (AvgIpc) is 2.92. The Bertz CT molecular complexity index is 1480. The first-order valence-corrected chi connectivity index (χ1v) is 13.3. The molecule has 0 radical (unpaired) electrons. The summed E-state index contributed by atoms with van der Waals surface area (Å²) in [7, 11) is 0. The van der Waals surface area contributed by atoms with Crippen molar-refractivity contribution in [2.45, 2.75) is 32.7 Å². The summed E-state index contributed by atoms with van der Waals surface area (Å²) >= 11 is 0. The number of aromatic hydroxyl groups is 2. The van der Waals surface area contributed by atoms with Crippen LogP contribution in [0.3, 0.4) is 0 Å². The van der Waals surface area contributed by atoms with E-state index in [1.165, 1.54) is 33.5 Å². The zero-order valence-electron chi connectivity index (χ0n) is 21.6. The molecular formula is C33H34N2O2. The van der Waals surface area contributed by atoms with Gasteiger partial charge >= 0.3 is 0 Å². The molecule has 0 amide bonds. The Kier molecular flexibility index (Phi) is 6.13. The summed E-state index contributed by atoms with van der Waals surface area (Å²) in [6, 6.07) is 27.4. The molecule has 1 fully saturated rings. The lowest BCUT2D eigenvalue weighted by Crippen LogP contribution is -2.48. The molecule has 2 aliphatic rings. The Balaban J connectivity index is 1.41. The molecule has 4 heteroatoms. The van der Waals surface area contributed by atoms with Crippen LogP contribution >= 0.6 is 0 Å². The first-order valence-electron chi connectivity index (χ1n) is 13.3. The van der Waals surface area contributed by atoms with E-state index in [1.807, 2.05) is 18.2 Å². The number of piperazine rings is 1. The number of benzene rings is 4. The number of phenolic OH excluding ortho intramolecular Hbond substituents is 2. The Morgan fingerprint density at radius 2 is 1.30 bits per heavy atom. The lowest BCUT2D eigenvalue weighted by atomic mass is 9.79. The van der Waals surface area contributed by atoms with Crippen LogP contribution in [0.1, 0.15) is 42.5 Å². The molecule has 1 heterocycles. The summed E-state index contributed by atoms with van der Waals surface area (Å²) < 4.78 is 0. The van der Waals surface area contributed by atoms with Crippen LogP contribution in [0, 0.1) is 0 Å². The van der Waals surface area contributed by atoms with Crippen LogP contribution in [0.5, 0.6) is 11.5 Å². The number of allylic oxidation sites excluding steroid dienone is 1. The van der Waals surface area contributed by atoms with Crippen LogP contribution in [0.25, 0.3) is 21.9 Å². The Morgan fingerprint density at radius 1 is 0.649 bits per heavy atom. The molecule has 6 rings (SSSR count). The molecule has 0 spiro atoms. The number of rotatable bonds is 4. The number of hydrogen-bond donors (Lipinski definition) is 2. The highest BCUT2D eigenvalue weighted by molar-refractivity contribution is 6.02. The molecule has 1 aliphatic heterocycles. The minimum Gasteiger partial charge on any atom is -0.508 e. The van der Waals surface area contributed by atoms with E-state index >= 15 is 0 Å². The Morgan fingerprint density at radius 3 is 2.05 bits per heavy atom. The summed E-state index contributed by atoms with van der Waals surface area (Å²) in [5.41, 5.74) is 8.53. The summed E-state index contributed by atoms with van der Waals surface area (Å²) in [5.74, 6) is 0.582. The van der Waals surface area contributed by atoms with Crippen LogP contribution in [0.2, 0.25) is 0 Å². The van der Waals surface area contributed by atoms with Gasteiger partial charge in [0.05, 0.1) is 0 Å². The molecule has 0 aromatic heterocycles. The van der Waals surface area contributed by atoms with Crippen LogP contribution in [0.15, 0.2) is 78.9 Å². The second-order valence-electron chi connectivity index (χ2n) is 10.6. The molecular weight excluding hydrogens is 456 g/mol. The van der Waals surface area contributed by atoms with E-state index < -0.39 is 0 Å². The molecule has 4 nitrogen and oxygen atoms in total. The molecule has 0 saturated carbocycles. The molecule has 4 aromatic rings. The molecule has 1 aliphatic carbocycles. The first kappa shape index (κ1) is 23.6. The zero-order chi connectivity index (χ0) is 25.5. The van der Waals surface area contributed by atoms with Gasteiger partial charge in [-0.2, -0.15) is 0 Å². The van der Waals surface area contributed by atoms with E-state index in [0.717, 1.165) is 55.4 Å². The molecule has 37 heavy (non-hydrogen) atoms. The standard InChI is InChI=1S/C33H34N2O2/c1-22(2)34-15-17-35(18-16-34)28-10-5-24(6-11-28)33-31(14-9-23-7-12-30(37)21-32(23)33)27-4-3-26-20-29(36)13-8-25(26)19-27/h3-8,10-13,19-22,36-37H,9,14-18H2,1-2H3. The van der Waals surface area contributed by atoms with Crippen molar-refractivity contribution in [3.05, 3.63) is 101 Å². The predicted octanol–water partition coefficient (Wildman–Crippen LogP) is 6.69. The maximum atomic E-state index is 10.4. The average molecular weight is 491 g/mol. The summed E-state index contributed by atoms with van der Waals surface area (Å²) in [6.45, 7) is 8.84. The van der Waals surface area contributed by atoms with Gasteiger partial charge in [-0.3, -0.25) is 4.90 Å². The number of phenols is 2. The van der Waals surface area contributed by atoms with E-state index in [-0.39, 0.29) is 5.75 Å². The van der Waals surface area contributed by atoms with E-state index in [4.69, 9.17) is 0 Å². The van der Waals surface area contributed by atoms with Gasteiger partial charge in [-0.1, -0.05) is 36.4 Å². The largest absolute Gasteiger partial charge is 0.508 e. The third kappa shape index (κ3) is 4.58. The van der Waals surface area contributed by atoms with Crippen molar-refractivity contribution in [1.82, 2.24) is 4.90 Å². The van der Waals surface area contributed by atoms with Gasteiger partial charge in [-0.25, -0.2) is 0 Å². The number of aryl methyl sites for hydroxylation is 1. The normalized spacial score (nSPS) is 16.5. The number of anilines is 1. The van der Waals surface area contributed by atoms with Crippen LogP contribution in [-0.4, -0.2) is 47.3 Å². The Hall–Kier alpha value is -3.76. The molecule has 1 saturated heterocycles. The minimum absolute atomic E-state index is 0.285. The van der Waals surface area contributed by atoms with Crippen LogP contribution in [0.4, 0.5) is 5.69 Å². The number of hydrogen-bond acceptors (Lipinski definition) is 4. The van der Waals surface area contributed by atoms with Crippen molar-refractivity contribution in [2.75, 3.05) is 31.1 Å². The van der Waals surface area contributed by atoms with Gasteiger partial charge in [0.2, 0.25) is 0 Å². The van der Waals surface area contributed by atoms with E-state index in [0.29, 0.717) is 11.8 Å². The maximum Gasteiger partial charge on any atom is 0.116 e. The highest BCUT2D eigenvalue weighted by Crippen LogP contribution is 2.43. The van der Waals surface area contributed by atoms with Crippen LogP contribution in [-0.2, 0) is 6.42 Å². The van der Waals surface area contributed by atoms with Crippen molar-refractivity contribution in [3.63, 3.8) is 0 Å². The SMILES string of the molecule is CC(C)N1CCN(c2ccc(C3=C(c4ccc5cc(O)ccc5c4)CCc4ccc(O)cc43)cc2)CC1. The van der Waals surface area contributed by atoms with Crippen molar-refractivity contribution < 1.29 is 10.2 Å². The van der Waals surface area contributed by atoms with Gasteiger partial charge < -0.3 is 15.1 Å². The Labute approximate surface area is 219 Å². The molecule has 4 aromatic carbocycles. The highest BCUT2D eigenvalue weighted by Gasteiger charge is 2.23. The molecule has 0 atom stereocenters. The number of fused-ring (bicyclic) bond motifs is 2. The van der Waals surface area contributed by atoms with Gasteiger partial charge in [0.25, 0.3) is 0 Å². The highest BCUT2D eigenvalue weighted by atomic mass is 16.3. The zero-order valence-corrected chi connectivity index (χ0v) is 21.6. The third-order valence-electron chi connectivity index (χ3n) is 8.05. The fourth-order valence-electron chi connectivity index (χ4n) is 5.94. The predicted molar refractivity (Wildman–Crippen MR) is 153 cm³/mol. The summed E-state index contributed by atoms with van der Waals surface area (Å²) in [6.07, 6.45) is 1.88. The topological polar surface area (TPSA) is 46.9 Å². The second-order valence-corrected chi connectivity index (χ2v) is 10.6. The maximum absolute atomic E-state index is 10.4. The minimum atomic E-state index is 0.285. The number of nitrogens with zero attached hydrogens (tertiary/aromatic N) is 2. The molecule has 2 N–H and O–H groups in total. The van der Waals surface area contributed by atoms with E-state index in [2.05, 4.69) is 72.2 Å². The molecule has 0 unspecified atom stereocenters. The van der Waals surface area contributed by atoms with Gasteiger partial charge in [0, 0.05) is 37.9 Å². The lowest BCUT2D eigenvalue weighted by Gasteiger charge is -2.38. The first-order chi connectivity index (χ1) is 18.0. The van der Waals surface area contributed by atoms with Crippen molar-refractivity contribution in [2.24, 2.45) is 0 Å². The molecule has 188 valence electrons. The van der Waals surface area contributed by atoms with Gasteiger partial charge in [-0.15, -0.1) is 0 Å². The van der Waals surface area contributed by atoms with Crippen molar-refractivity contribution >= 4 is 27.6 Å². The monoisotopic (exact) mass is 490 g/mol. The van der Waals surface area contributed by atoms with E-state index in [9.17, 15) is 10.2 Å². The fourth-order valence-corrected chi connectivity index (χ4v) is 5.94. The van der Waals surface area contributed by atoms with E-state index in [1.54, 1.807) is 12.1 Å². The summed E-state index contributed by atoms with van der Waals surface area (Å²) in [5, 5.41) is 22.4. The van der Waals surface area contributed by atoms with Crippen LogP contribution < -0.4 is 4.90 Å². The van der Waals surface area contributed by atoms with Gasteiger partial charge in [0.1, 0.15) is 11.5 Å². The smallest absolute Gasteiger partial charge is 0.116 e. The quantitative estimate of drug-likeness (QED) is 0.335. The fraction of sp³-hybridized carbons (Fsp3) is 0.273. The van der Waals surface area contributed by atoms with Gasteiger partial charge in [0.15, 0.2) is 0 Å². The second kappa shape index (κ2) is 9.60. The van der Waals surface area contributed by atoms with Crippen molar-refractivity contribution in [3.8, 4) is 11.5 Å². The summed E-state index contributed by atoms with van der Waals surface area (Å²) in [4.78, 5) is 5.02. The van der Waals surface area contributed by atoms with Crippen molar-refractivity contribution in [1.29, 1.82) is 0 Å². The third-order valence-corrected chi connectivity index (χ3v) is 8.05. The molecule has 0 bridgehead atoms. The lowest BCUT2D eigenvalue weighted by molar-refractivity contribution is 0.209.